The lowest BCUT2D eigenvalue weighted by molar-refractivity contribution is -0.384. The third kappa shape index (κ3) is 3.11. The number of hydrogen-bond acceptors (Lipinski definition) is 7. The molecule has 0 atom stereocenters. The van der Waals surface area contributed by atoms with Crippen molar-refractivity contribution < 1.29 is 19.2 Å². The third-order valence-electron chi connectivity index (χ3n) is 3.63. The molecule has 0 saturated heterocycles. The largest absolute Gasteiger partial charge is 0.465 e. The van der Waals surface area contributed by atoms with Crippen LogP contribution in [0.4, 0.5) is 10.8 Å². The number of nitrogens with one attached hydrogen (secondary N) is 1. The molecule has 0 spiro atoms. The van der Waals surface area contributed by atoms with Crippen molar-refractivity contribution in [3.63, 3.8) is 0 Å². The number of nitrogens with zero attached hydrogens (tertiary/aromatic N) is 2. The predicted molar refractivity (Wildman–Crippen MR) is 86.5 cm³/mol. The fourth-order valence-corrected chi connectivity index (χ4v) is 3.54. The van der Waals surface area contributed by atoms with Crippen molar-refractivity contribution in [2.45, 2.75) is 19.3 Å². The number of ether oxygens (including phenoxy) is 1. The van der Waals surface area contributed by atoms with Gasteiger partial charge in [-0.15, -0.1) is 11.3 Å². The molecule has 1 aromatic heterocycles. The first kappa shape index (κ1) is 16.1. The van der Waals surface area contributed by atoms with E-state index >= 15 is 0 Å². The number of aromatic nitrogens is 1. The number of carbonyl (C=O) groups excluding carboxylic acids is 2. The lowest BCUT2D eigenvalue weighted by Gasteiger charge is -2.05. The summed E-state index contributed by atoms with van der Waals surface area (Å²) in [4.78, 5) is 39.8. The van der Waals surface area contributed by atoms with E-state index in [0.717, 1.165) is 49.1 Å². The average Bonchev–Trinajstić information content (AvgIpc) is 3.14. The molecular formula is C15H13N3O5S. The first-order chi connectivity index (χ1) is 11.5. The molecule has 124 valence electrons. The standard InChI is InChI=1S/C15H13N3O5S/c1-23-14(20)9-5-8(6-10(7-9)18(21)22)13(19)17-15-16-11-3-2-4-12(11)24-15/h5-7H,2-4H2,1H3,(H,16,17,19). The summed E-state index contributed by atoms with van der Waals surface area (Å²) in [7, 11) is 1.16. The van der Waals surface area contributed by atoms with Crippen LogP contribution in [-0.4, -0.2) is 28.9 Å². The fourth-order valence-electron chi connectivity index (χ4n) is 2.50. The van der Waals surface area contributed by atoms with E-state index in [1.807, 2.05) is 0 Å². The summed E-state index contributed by atoms with van der Waals surface area (Å²) in [6, 6.07) is 3.44. The zero-order valence-electron chi connectivity index (χ0n) is 12.7. The smallest absolute Gasteiger partial charge is 0.338 e. The maximum absolute atomic E-state index is 12.4. The molecule has 1 aromatic carbocycles. The summed E-state index contributed by atoms with van der Waals surface area (Å²) >= 11 is 1.40. The molecule has 1 N–H and O–H groups in total. The van der Waals surface area contributed by atoms with Gasteiger partial charge in [0, 0.05) is 22.6 Å². The molecular weight excluding hydrogens is 334 g/mol. The molecule has 1 aliphatic rings. The molecule has 2 aromatic rings. The van der Waals surface area contributed by atoms with Gasteiger partial charge in [0.05, 0.1) is 23.3 Å². The van der Waals surface area contributed by atoms with Gasteiger partial charge in [-0.05, 0) is 25.3 Å². The highest BCUT2D eigenvalue weighted by Crippen LogP contribution is 2.30. The molecule has 0 fully saturated rings. The Morgan fingerprint density at radius 2 is 2.04 bits per heavy atom. The summed E-state index contributed by atoms with van der Waals surface area (Å²) < 4.78 is 4.56. The Kier molecular flexibility index (Phi) is 4.26. The molecule has 1 amide bonds. The molecule has 0 unspecified atom stereocenters. The average molecular weight is 347 g/mol. The summed E-state index contributed by atoms with van der Waals surface area (Å²) in [6.07, 6.45) is 2.91. The number of fused-ring (bicyclic) bond motifs is 1. The Morgan fingerprint density at radius 3 is 2.71 bits per heavy atom. The Balaban J connectivity index is 1.88. The van der Waals surface area contributed by atoms with E-state index in [2.05, 4.69) is 15.0 Å². The van der Waals surface area contributed by atoms with Crippen molar-refractivity contribution >= 4 is 34.0 Å². The van der Waals surface area contributed by atoms with Gasteiger partial charge in [0.25, 0.3) is 11.6 Å². The molecule has 3 rings (SSSR count). The summed E-state index contributed by atoms with van der Waals surface area (Å²) in [5, 5.41) is 14.1. The van der Waals surface area contributed by atoms with Crippen LogP contribution in [0.25, 0.3) is 0 Å². The number of methoxy groups -OCH3 is 1. The van der Waals surface area contributed by atoms with E-state index in [-0.39, 0.29) is 16.8 Å². The molecule has 24 heavy (non-hydrogen) atoms. The number of hydrogen-bond donors (Lipinski definition) is 1. The zero-order chi connectivity index (χ0) is 17.3. The van der Waals surface area contributed by atoms with Crippen molar-refractivity contribution in [3.8, 4) is 0 Å². The molecule has 1 heterocycles. The monoisotopic (exact) mass is 347 g/mol. The lowest BCUT2D eigenvalue weighted by Crippen LogP contribution is -2.14. The predicted octanol–water partition coefficient (Wildman–Crippen LogP) is 2.58. The maximum atomic E-state index is 12.4. The van der Waals surface area contributed by atoms with Gasteiger partial charge < -0.3 is 4.74 Å². The number of esters is 1. The summed E-state index contributed by atoms with van der Waals surface area (Å²) in [5.74, 6) is -1.31. The van der Waals surface area contributed by atoms with Crippen LogP contribution in [0.2, 0.25) is 0 Å². The van der Waals surface area contributed by atoms with E-state index in [1.165, 1.54) is 17.4 Å². The molecule has 0 bridgehead atoms. The Bertz CT molecular complexity index is 824. The molecule has 1 aliphatic carbocycles. The number of rotatable bonds is 4. The van der Waals surface area contributed by atoms with Crippen molar-refractivity contribution in [1.29, 1.82) is 0 Å². The highest BCUT2D eigenvalue weighted by molar-refractivity contribution is 7.16. The Hall–Kier alpha value is -2.81. The van der Waals surface area contributed by atoms with Crippen molar-refractivity contribution in [3.05, 3.63) is 50.0 Å². The van der Waals surface area contributed by atoms with Gasteiger partial charge >= 0.3 is 5.97 Å². The van der Waals surface area contributed by atoms with E-state index in [0.29, 0.717) is 5.13 Å². The summed E-state index contributed by atoms with van der Waals surface area (Å²) in [6.45, 7) is 0. The highest BCUT2D eigenvalue weighted by atomic mass is 32.1. The van der Waals surface area contributed by atoms with Crippen LogP contribution < -0.4 is 5.32 Å². The fraction of sp³-hybridized carbons (Fsp3) is 0.267. The van der Waals surface area contributed by atoms with Crippen LogP contribution in [0.15, 0.2) is 18.2 Å². The number of nitro benzene ring substituents is 1. The van der Waals surface area contributed by atoms with Gasteiger partial charge in [0.1, 0.15) is 0 Å². The molecule has 0 radical (unpaired) electrons. The second kappa shape index (κ2) is 6.36. The second-order valence-electron chi connectivity index (χ2n) is 5.21. The Labute approximate surface area is 140 Å². The first-order valence-electron chi connectivity index (χ1n) is 7.15. The number of anilines is 1. The van der Waals surface area contributed by atoms with Gasteiger partial charge in [-0.2, -0.15) is 0 Å². The number of carbonyl (C=O) groups is 2. The number of non-ortho nitro benzene ring substituents is 1. The normalized spacial score (nSPS) is 12.5. The first-order valence-corrected chi connectivity index (χ1v) is 7.97. The topological polar surface area (TPSA) is 111 Å². The van der Waals surface area contributed by atoms with Gasteiger partial charge in [-0.25, -0.2) is 9.78 Å². The van der Waals surface area contributed by atoms with E-state index in [4.69, 9.17) is 0 Å². The van der Waals surface area contributed by atoms with Crippen molar-refractivity contribution in [1.82, 2.24) is 4.98 Å². The van der Waals surface area contributed by atoms with Crippen LogP contribution in [0.3, 0.4) is 0 Å². The van der Waals surface area contributed by atoms with E-state index in [1.54, 1.807) is 0 Å². The molecule has 0 saturated carbocycles. The number of aryl methyl sites for hydroxylation is 2. The van der Waals surface area contributed by atoms with Crippen molar-refractivity contribution in [2.24, 2.45) is 0 Å². The van der Waals surface area contributed by atoms with Gasteiger partial charge in [0.2, 0.25) is 0 Å². The second-order valence-corrected chi connectivity index (χ2v) is 6.30. The maximum Gasteiger partial charge on any atom is 0.338 e. The third-order valence-corrected chi connectivity index (χ3v) is 4.70. The minimum Gasteiger partial charge on any atom is -0.465 e. The lowest BCUT2D eigenvalue weighted by atomic mass is 10.1. The minimum atomic E-state index is -0.749. The van der Waals surface area contributed by atoms with Crippen molar-refractivity contribution in [2.75, 3.05) is 12.4 Å². The quantitative estimate of drug-likeness (QED) is 0.517. The molecule has 0 aliphatic heterocycles. The summed E-state index contributed by atoms with van der Waals surface area (Å²) in [5.41, 5.74) is 0.577. The van der Waals surface area contributed by atoms with Gasteiger partial charge in [-0.1, -0.05) is 0 Å². The molecule has 8 nitrogen and oxygen atoms in total. The Morgan fingerprint density at radius 1 is 1.29 bits per heavy atom. The van der Waals surface area contributed by atoms with E-state index < -0.39 is 16.8 Å². The number of amides is 1. The van der Waals surface area contributed by atoms with Crippen LogP contribution in [0.1, 0.15) is 37.7 Å². The zero-order valence-corrected chi connectivity index (χ0v) is 13.5. The van der Waals surface area contributed by atoms with Crippen LogP contribution >= 0.6 is 11.3 Å². The van der Waals surface area contributed by atoms with Crippen LogP contribution in [-0.2, 0) is 17.6 Å². The van der Waals surface area contributed by atoms with Gasteiger partial charge in [0.15, 0.2) is 5.13 Å². The number of benzene rings is 1. The van der Waals surface area contributed by atoms with Crippen LogP contribution in [0.5, 0.6) is 0 Å². The van der Waals surface area contributed by atoms with Gasteiger partial charge in [-0.3, -0.25) is 20.2 Å². The van der Waals surface area contributed by atoms with E-state index in [9.17, 15) is 19.7 Å². The SMILES string of the molecule is COC(=O)c1cc(C(=O)Nc2nc3c(s2)CCC3)cc([N+](=O)[O-])c1. The molecule has 9 heteroatoms. The minimum absolute atomic E-state index is 0.0000376. The van der Waals surface area contributed by atoms with Crippen LogP contribution in [0, 0.1) is 10.1 Å². The number of nitro groups is 1. The number of thiazole rings is 1. The highest BCUT2D eigenvalue weighted by Gasteiger charge is 2.21.